The van der Waals surface area contributed by atoms with Crippen molar-refractivity contribution in [2.45, 2.75) is 38.2 Å². The summed E-state index contributed by atoms with van der Waals surface area (Å²) < 4.78 is 5.11. The van der Waals surface area contributed by atoms with Crippen molar-refractivity contribution in [1.82, 2.24) is 0 Å². The first-order chi connectivity index (χ1) is 6.33. The average molecular weight is 180 g/mol. The topological polar surface area (TPSA) is 26.3 Å². The molecule has 0 spiro atoms. The Morgan fingerprint density at radius 1 is 1.62 bits per heavy atom. The summed E-state index contributed by atoms with van der Waals surface area (Å²) in [6.45, 7) is 3.66. The average Bonchev–Trinajstić information content (AvgIpc) is 2.13. The summed E-state index contributed by atoms with van der Waals surface area (Å²) in [5.74, 6) is -0.194. The number of allylic oxidation sites excluding steroid dienone is 1. The van der Waals surface area contributed by atoms with Gasteiger partial charge >= 0.3 is 5.97 Å². The Morgan fingerprint density at radius 3 is 3.15 bits per heavy atom. The Labute approximate surface area is 79.3 Å². The number of hydrogen-bond donors (Lipinski definition) is 0. The van der Waals surface area contributed by atoms with Crippen molar-refractivity contribution in [3.8, 4) is 0 Å². The molecule has 0 aromatic heterocycles. The summed E-state index contributed by atoms with van der Waals surface area (Å²) in [7, 11) is 0. The quantitative estimate of drug-likeness (QED) is 0.369. The number of esters is 1. The number of rotatable bonds is 5. The van der Waals surface area contributed by atoms with Crippen molar-refractivity contribution >= 4 is 5.97 Å². The first kappa shape index (κ1) is 10.0. The van der Waals surface area contributed by atoms with Crippen molar-refractivity contribution in [1.29, 1.82) is 0 Å². The monoisotopic (exact) mass is 180 g/mol. The van der Waals surface area contributed by atoms with E-state index in [4.69, 9.17) is 4.74 Å². The summed E-state index contributed by atoms with van der Waals surface area (Å²) in [5, 5.41) is 0. The van der Waals surface area contributed by atoms with Gasteiger partial charge in [-0.2, -0.15) is 0 Å². The first-order valence-electron chi connectivity index (χ1n) is 4.81. The second-order valence-electron chi connectivity index (χ2n) is 3.27. The van der Waals surface area contributed by atoms with Crippen LogP contribution in [0.5, 0.6) is 0 Å². The van der Waals surface area contributed by atoms with Crippen LogP contribution in [-0.2, 0) is 9.53 Å². The molecule has 72 valence electrons. The fourth-order valence-corrected chi connectivity index (χ4v) is 1.41. The van der Waals surface area contributed by atoms with Crippen LogP contribution in [0.15, 0.2) is 24.8 Å². The lowest BCUT2D eigenvalue weighted by Crippen LogP contribution is -2.19. The zero-order chi connectivity index (χ0) is 9.52. The van der Waals surface area contributed by atoms with Gasteiger partial charge in [0.05, 0.1) is 0 Å². The third kappa shape index (κ3) is 3.92. The number of carbonyl (C=O) groups is 1. The maximum Gasteiger partial charge on any atom is 0.330 e. The predicted molar refractivity (Wildman–Crippen MR) is 52.3 cm³/mol. The molecular formula is C11H16O2. The molecule has 0 saturated carbocycles. The normalized spacial score (nSPS) is 21.2. The van der Waals surface area contributed by atoms with Crippen molar-refractivity contribution in [3.63, 3.8) is 0 Å². The van der Waals surface area contributed by atoms with E-state index in [1.807, 2.05) is 12.2 Å². The molecule has 0 unspecified atom stereocenters. The molecule has 0 amide bonds. The minimum atomic E-state index is -0.194. The van der Waals surface area contributed by atoms with Gasteiger partial charge in [0.2, 0.25) is 0 Å². The third-order valence-corrected chi connectivity index (χ3v) is 2.12. The molecule has 0 aliphatic carbocycles. The van der Waals surface area contributed by atoms with E-state index < -0.39 is 0 Å². The standard InChI is InChI=1S/C11H16O2/c1-2-3-4-5-7-10-8-6-9-11(12)13-10/h2,6,9-10H,1,3-5,7-8H2/t10-/m0/s1. The van der Waals surface area contributed by atoms with E-state index >= 15 is 0 Å². The molecule has 0 fully saturated rings. The van der Waals surface area contributed by atoms with Gasteiger partial charge in [-0.25, -0.2) is 4.79 Å². The molecular weight excluding hydrogens is 164 g/mol. The van der Waals surface area contributed by atoms with Gasteiger partial charge in [-0.1, -0.05) is 12.2 Å². The largest absolute Gasteiger partial charge is 0.459 e. The lowest BCUT2D eigenvalue weighted by molar-refractivity contribution is -0.144. The highest BCUT2D eigenvalue weighted by molar-refractivity contribution is 5.82. The lowest BCUT2D eigenvalue weighted by Gasteiger charge is -2.18. The molecule has 0 radical (unpaired) electrons. The van der Waals surface area contributed by atoms with Gasteiger partial charge in [-0.3, -0.25) is 0 Å². The van der Waals surface area contributed by atoms with Crippen LogP contribution in [0.1, 0.15) is 32.1 Å². The van der Waals surface area contributed by atoms with E-state index in [9.17, 15) is 4.79 Å². The van der Waals surface area contributed by atoms with Crippen LogP contribution in [0, 0.1) is 0 Å². The minimum Gasteiger partial charge on any atom is -0.459 e. The summed E-state index contributed by atoms with van der Waals surface area (Å²) in [6, 6.07) is 0. The molecule has 0 aromatic carbocycles. The van der Waals surface area contributed by atoms with Gasteiger partial charge in [0.15, 0.2) is 0 Å². The van der Waals surface area contributed by atoms with E-state index in [1.165, 1.54) is 6.08 Å². The molecule has 0 N–H and O–H groups in total. The van der Waals surface area contributed by atoms with Gasteiger partial charge in [0.1, 0.15) is 6.10 Å². The summed E-state index contributed by atoms with van der Waals surface area (Å²) >= 11 is 0. The lowest BCUT2D eigenvalue weighted by atomic mass is 10.1. The van der Waals surface area contributed by atoms with E-state index in [2.05, 4.69) is 6.58 Å². The third-order valence-electron chi connectivity index (χ3n) is 2.12. The Morgan fingerprint density at radius 2 is 2.46 bits per heavy atom. The SMILES string of the molecule is C=CCCCC[C@H]1CC=CC(=O)O1. The number of unbranched alkanes of at least 4 members (excludes halogenated alkanes) is 2. The number of carbonyl (C=O) groups excluding carboxylic acids is 1. The van der Waals surface area contributed by atoms with Gasteiger partial charge in [0.25, 0.3) is 0 Å². The summed E-state index contributed by atoms with van der Waals surface area (Å²) in [4.78, 5) is 10.8. The van der Waals surface area contributed by atoms with Crippen molar-refractivity contribution < 1.29 is 9.53 Å². The van der Waals surface area contributed by atoms with Gasteiger partial charge in [-0.05, 0) is 25.7 Å². The van der Waals surface area contributed by atoms with E-state index in [0.29, 0.717) is 0 Å². The molecule has 2 heteroatoms. The Balaban J connectivity index is 2.11. The van der Waals surface area contributed by atoms with Crippen molar-refractivity contribution in [3.05, 3.63) is 24.8 Å². The zero-order valence-electron chi connectivity index (χ0n) is 7.87. The van der Waals surface area contributed by atoms with Crippen molar-refractivity contribution in [2.75, 3.05) is 0 Å². The van der Waals surface area contributed by atoms with Crippen LogP contribution in [0.3, 0.4) is 0 Å². The molecule has 0 bridgehead atoms. The fourth-order valence-electron chi connectivity index (χ4n) is 1.41. The molecule has 0 saturated heterocycles. The molecule has 2 nitrogen and oxygen atoms in total. The smallest absolute Gasteiger partial charge is 0.330 e. The Kier molecular flexibility index (Phi) is 4.30. The molecule has 13 heavy (non-hydrogen) atoms. The number of hydrogen-bond acceptors (Lipinski definition) is 2. The first-order valence-corrected chi connectivity index (χ1v) is 4.81. The zero-order valence-corrected chi connectivity index (χ0v) is 7.87. The molecule has 0 aromatic rings. The van der Waals surface area contributed by atoms with Gasteiger partial charge in [0, 0.05) is 12.5 Å². The van der Waals surface area contributed by atoms with Crippen molar-refractivity contribution in [2.24, 2.45) is 0 Å². The van der Waals surface area contributed by atoms with E-state index in [-0.39, 0.29) is 12.1 Å². The van der Waals surface area contributed by atoms with E-state index in [0.717, 1.165) is 32.1 Å². The second kappa shape index (κ2) is 5.57. The Hall–Kier alpha value is -1.05. The maximum atomic E-state index is 10.8. The molecule has 1 heterocycles. The van der Waals surface area contributed by atoms with Gasteiger partial charge in [-0.15, -0.1) is 6.58 Å². The van der Waals surface area contributed by atoms with E-state index in [1.54, 1.807) is 0 Å². The van der Waals surface area contributed by atoms with Crippen LogP contribution in [0.2, 0.25) is 0 Å². The maximum absolute atomic E-state index is 10.8. The van der Waals surface area contributed by atoms with Crippen LogP contribution in [0.4, 0.5) is 0 Å². The molecule has 1 aliphatic rings. The highest BCUT2D eigenvalue weighted by Crippen LogP contribution is 2.14. The highest BCUT2D eigenvalue weighted by Gasteiger charge is 2.14. The van der Waals surface area contributed by atoms with Crippen LogP contribution in [0.25, 0.3) is 0 Å². The summed E-state index contributed by atoms with van der Waals surface area (Å²) in [6.07, 6.45) is 10.6. The highest BCUT2D eigenvalue weighted by atomic mass is 16.5. The Bertz CT molecular complexity index is 206. The minimum absolute atomic E-state index is 0.113. The number of cyclic esters (lactones) is 1. The molecule has 1 atom stereocenters. The van der Waals surface area contributed by atoms with Gasteiger partial charge < -0.3 is 4.74 Å². The summed E-state index contributed by atoms with van der Waals surface area (Å²) in [5.41, 5.74) is 0. The predicted octanol–water partition coefficient (Wildman–Crippen LogP) is 2.60. The van der Waals surface area contributed by atoms with Crippen LogP contribution in [-0.4, -0.2) is 12.1 Å². The van der Waals surface area contributed by atoms with Crippen LogP contribution < -0.4 is 0 Å². The molecule has 1 aliphatic heterocycles. The van der Waals surface area contributed by atoms with Crippen LogP contribution >= 0.6 is 0 Å². The number of ether oxygens (including phenoxy) is 1. The molecule has 1 rings (SSSR count). The fraction of sp³-hybridized carbons (Fsp3) is 0.545. The second-order valence-corrected chi connectivity index (χ2v) is 3.27.